The number of likely N-dealkylation sites (N-methyl/N-ethyl adjacent to an activating group) is 1. The van der Waals surface area contributed by atoms with Crippen LogP contribution in [0.4, 0.5) is 4.79 Å². The predicted molar refractivity (Wildman–Crippen MR) is 86.9 cm³/mol. The number of ether oxygens (including phenoxy) is 1. The van der Waals surface area contributed by atoms with E-state index >= 15 is 0 Å². The van der Waals surface area contributed by atoms with Crippen LogP contribution < -0.4 is 0 Å². The molecule has 0 aromatic heterocycles. The first-order valence-corrected chi connectivity index (χ1v) is 8.41. The molecular formula is C16H29N3O4. The minimum Gasteiger partial charge on any atom is -0.450 e. The van der Waals surface area contributed by atoms with Gasteiger partial charge < -0.3 is 19.4 Å². The topological polar surface area (TPSA) is 70.2 Å². The Bertz CT molecular complexity index is 416. The second-order valence-electron chi connectivity index (χ2n) is 5.63. The smallest absolute Gasteiger partial charge is 0.409 e. The lowest BCUT2D eigenvalue weighted by molar-refractivity contribution is -0.141. The van der Waals surface area contributed by atoms with Crippen LogP contribution in [-0.2, 0) is 14.3 Å². The third-order valence-corrected chi connectivity index (χ3v) is 4.26. The molecule has 23 heavy (non-hydrogen) atoms. The molecule has 0 bridgehead atoms. The molecule has 0 aromatic rings. The van der Waals surface area contributed by atoms with Crippen molar-refractivity contribution in [2.24, 2.45) is 0 Å². The van der Waals surface area contributed by atoms with Crippen LogP contribution in [-0.4, -0.2) is 78.0 Å². The molecule has 0 radical (unpaired) electrons. The molecule has 1 saturated heterocycles. The van der Waals surface area contributed by atoms with Crippen molar-refractivity contribution in [3.8, 4) is 0 Å². The van der Waals surface area contributed by atoms with Crippen molar-refractivity contribution in [2.75, 3.05) is 39.3 Å². The monoisotopic (exact) mass is 327 g/mol. The van der Waals surface area contributed by atoms with Gasteiger partial charge in [-0.25, -0.2) is 4.79 Å². The Hall–Kier alpha value is -1.79. The molecule has 7 heteroatoms. The Morgan fingerprint density at radius 2 is 1.65 bits per heavy atom. The number of hydrogen-bond donors (Lipinski definition) is 0. The zero-order chi connectivity index (χ0) is 17.4. The number of likely N-dealkylation sites (tertiary alicyclic amines) is 1. The normalized spacial score (nSPS) is 15.2. The fourth-order valence-corrected chi connectivity index (χ4v) is 2.89. The summed E-state index contributed by atoms with van der Waals surface area (Å²) in [5.74, 6) is -0.127. The van der Waals surface area contributed by atoms with Gasteiger partial charge in [0.15, 0.2) is 0 Å². The quantitative estimate of drug-likeness (QED) is 0.738. The standard InChI is InChI=1S/C16H29N3O4/c1-5-17(6-2)15(21)12-19(13(4)20)14-8-10-18(11-9-14)16(22)23-7-3/h14H,5-12H2,1-4H3. The number of rotatable bonds is 6. The number of nitrogens with zero attached hydrogens (tertiary/aromatic N) is 3. The van der Waals surface area contributed by atoms with Gasteiger partial charge in [0.2, 0.25) is 11.8 Å². The van der Waals surface area contributed by atoms with Crippen LogP contribution >= 0.6 is 0 Å². The van der Waals surface area contributed by atoms with Crippen LogP contribution in [0, 0.1) is 0 Å². The van der Waals surface area contributed by atoms with Gasteiger partial charge in [-0.3, -0.25) is 9.59 Å². The molecule has 0 atom stereocenters. The summed E-state index contributed by atoms with van der Waals surface area (Å²) in [5.41, 5.74) is 0. The predicted octanol–water partition coefficient (Wildman–Crippen LogP) is 1.32. The highest BCUT2D eigenvalue weighted by Crippen LogP contribution is 2.18. The van der Waals surface area contributed by atoms with E-state index < -0.39 is 0 Å². The summed E-state index contributed by atoms with van der Waals surface area (Å²) < 4.78 is 5.00. The molecule has 1 rings (SSSR count). The lowest BCUT2D eigenvalue weighted by Gasteiger charge is -2.38. The van der Waals surface area contributed by atoms with Crippen molar-refractivity contribution in [3.63, 3.8) is 0 Å². The number of hydrogen-bond acceptors (Lipinski definition) is 4. The van der Waals surface area contributed by atoms with Crippen LogP contribution in [0.25, 0.3) is 0 Å². The summed E-state index contributed by atoms with van der Waals surface area (Å²) in [6, 6.07) is -0.00214. The highest BCUT2D eigenvalue weighted by molar-refractivity contribution is 5.84. The highest BCUT2D eigenvalue weighted by atomic mass is 16.6. The van der Waals surface area contributed by atoms with E-state index in [0.717, 1.165) is 0 Å². The Balaban J connectivity index is 2.62. The van der Waals surface area contributed by atoms with E-state index in [0.29, 0.717) is 45.6 Å². The molecule has 0 aromatic carbocycles. The molecule has 132 valence electrons. The summed E-state index contributed by atoms with van der Waals surface area (Å²) >= 11 is 0. The number of amides is 3. The van der Waals surface area contributed by atoms with Gasteiger partial charge in [0.05, 0.1) is 13.2 Å². The number of carbonyl (C=O) groups is 3. The molecular weight excluding hydrogens is 298 g/mol. The molecule has 0 saturated carbocycles. The minimum atomic E-state index is -0.306. The number of carbonyl (C=O) groups excluding carboxylic acids is 3. The number of piperidine rings is 1. The second kappa shape index (κ2) is 9.37. The van der Waals surface area contributed by atoms with Gasteiger partial charge in [-0.05, 0) is 33.6 Å². The first-order chi connectivity index (χ1) is 10.9. The molecule has 0 spiro atoms. The van der Waals surface area contributed by atoms with E-state index in [1.54, 1.807) is 21.6 Å². The van der Waals surface area contributed by atoms with Gasteiger partial charge in [0, 0.05) is 39.1 Å². The summed E-state index contributed by atoms with van der Waals surface area (Å²) in [4.78, 5) is 41.0. The third kappa shape index (κ3) is 5.41. The lowest BCUT2D eigenvalue weighted by atomic mass is 10.0. The van der Waals surface area contributed by atoms with Crippen molar-refractivity contribution < 1.29 is 19.1 Å². The SMILES string of the molecule is CCOC(=O)N1CCC(N(CC(=O)N(CC)CC)C(C)=O)CC1. The van der Waals surface area contributed by atoms with E-state index in [1.807, 2.05) is 13.8 Å². The average Bonchev–Trinajstić information content (AvgIpc) is 2.54. The zero-order valence-corrected chi connectivity index (χ0v) is 14.7. The molecule has 1 aliphatic heterocycles. The Morgan fingerprint density at radius 1 is 1.09 bits per heavy atom. The highest BCUT2D eigenvalue weighted by Gasteiger charge is 2.30. The molecule has 0 unspecified atom stereocenters. The maximum absolute atomic E-state index is 12.3. The van der Waals surface area contributed by atoms with Gasteiger partial charge in [-0.1, -0.05) is 0 Å². The molecule has 0 aliphatic carbocycles. The van der Waals surface area contributed by atoms with Crippen molar-refractivity contribution >= 4 is 17.9 Å². The first kappa shape index (κ1) is 19.3. The maximum Gasteiger partial charge on any atom is 0.409 e. The summed E-state index contributed by atoms with van der Waals surface area (Å²) in [5, 5.41) is 0. The second-order valence-corrected chi connectivity index (χ2v) is 5.63. The van der Waals surface area contributed by atoms with Gasteiger partial charge in [0.1, 0.15) is 0 Å². The average molecular weight is 327 g/mol. The lowest BCUT2D eigenvalue weighted by Crippen LogP contribution is -2.51. The van der Waals surface area contributed by atoms with Crippen LogP contribution in [0.3, 0.4) is 0 Å². The Labute approximate surface area is 138 Å². The molecule has 1 fully saturated rings. The van der Waals surface area contributed by atoms with Crippen LogP contribution in [0.15, 0.2) is 0 Å². The fraction of sp³-hybridized carbons (Fsp3) is 0.812. The van der Waals surface area contributed by atoms with Crippen molar-refractivity contribution in [2.45, 2.75) is 46.6 Å². The Kier molecular flexibility index (Phi) is 7.85. The van der Waals surface area contributed by atoms with Gasteiger partial charge in [0.25, 0.3) is 0 Å². The molecule has 7 nitrogen and oxygen atoms in total. The first-order valence-electron chi connectivity index (χ1n) is 8.41. The Morgan fingerprint density at radius 3 is 2.09 bits per heavy atom. The maximum atomic E-state index is 12.3. The van der Waals surface area contributed by atoms with E-state index in [4.69, 9.17) is 4.74 Å². The van der Waals surface area contributed by atoms with Crippen molar-refractivity contribution in [3.05, 3.63) is 0 Å². The summed E-state index contributed by atoms with van der Waals surface area (Å²) in [6.45, 7) is 9.98. The van der Waals surface area contributed by atoms with Gasteiger partial charge in [-0.15, -0.1) is 0 Å². The zero-order valence-electron chi connectivity index (χ0n) is 14.7. The fourth-order valence-electron chi connectivity index (χ4n) is 2.89. The molecule has 1 heterocycles. The summed E-state index contributed by atoms with van der Waals surface area (Å²) in [7, 11) is 0. The largest absolute Gasteiger partial charge is 0.450 e. The minimum absolute atomic E-state index is 0.00214. The van der Waals surface area contributed by atoms with E-state index in [9.17, 15) is 14.4 Å². The molecule has 1 aliphatic rings. The van der Waals surface area contributed by atoms with E-state index in [-0.39, 0.29) is 30.5 Å². The molecule has 0 N–H and O–H groups in total. The van der Waals surface area contributed by atoms with Gasteiger partial charge in [-0.2, -0.15) is 0 Å². The van der Waals surface area contributed by atoms with Crippen LogP contribution in [0.5, 0.6) is 0 Å². The van der Waals surface area contributed by atoms with Crippen LogP contribution in [0.1, 0.15) is 40.5 Å². The van der Waals surface area contributed by atoms with E-state index in [2.05, 4.69) is 0 Å². The third-order valence-electron chi connectivity index (χ3n) is 4.26. The van der Waals surface area contributed by atoms with Crippen molar-refractivity contribution in [1.29, 1.82) is 0 Å². The van der Waals surface area contributed by atoms with Crippen molar-refractivity contribution in [1.82, 2.24) is 14.7 Å². The molecule has 3 amide bonds. The van der Waals surface area contributed by atoms with E-state index in [1.165, 1.54) is 6.92 Å². The summed E-state index contributed by atoms with van der Waals surface area (Å²) in [6.07, 6.45) is 1.04. The van der Waals surface area contributed by atoms with Gasteiger partial charge >= 0.3 is 6.09 Å². The van der Waals surface area contributed by atoms with Crippen LogP contribution in [0.2, 0.25) is 0 Å².